The van der Waals surface area contributed by atoms with Crippen LogP contribution in [0.1, 0.15) is 55.4 Å². The van der Waals surface area contributed by atoms with E-state index in [0.29, 0.717) is 24.2 Å². The molecule has 0 rings (SSSR count). The Morgan fingerprint density at radius 1 is 0.625 bits per heavy atom. The van der Waals surface area contributed by atoms with Crippen molar-refractivity contribution in [3.8, 4) is 0 Å². The monoisotopic (exact) mass is 247 g/mol. The predicted octanol–water partition coefficient (Wildman–Crippen LogP) is 3.88. The second-order valence-corrected chi connectivity index (χ2v) is 6.82. The van der Waals surface area contributed by atoms with Gasteiger partial charge in [0.05, 0.1) is 0 Å². The summed E-state index contributed by atoms with van der Waals surface area (Å²) in [7, 11) is -1.45. The minimum absolute atomic E-state index is 0.309. The molecule has 0 N–H and O–H groups in total. The normalized spacial score (nSPS) is 13.5. The summed E-state index contributed by atoms with van der Waals surface area (Å²) < 4.78 is 4.19. The second-order valence-electron chi connectivity index (χ2n) is 5.39. The van der Waals surface area contributed by atoms with Gasteiger partial charge in [0.15, 0.2) is 0 Å². The van der Waals surface area contributed by atoms with Gasteiger partial charge in [-0.15, -0.1) is 0 Å². The minimum atomic E-state index is -1.45. The molecule has 0 aliphatic rings. The van der Waals surface area contributed by atoms with E-state index < -0.39 is 8.45 Å². The van der Waals surface area contributed by atoms with Crippen molar-refractivity contribution in [3.05, 3.63) is 0 Å². The summed E-state index contributed by atoms with van der Waals surface area (Å²) in [6.45, 7) is 16.8. The lowest BCUT2D eigenvalue weighted by atomic mass is 10.3. The topological polar surface area (TPSA) is 26.4 Å². The molecule has 1 radical (unpaired) electrons. The third-order valence-electron chi connectivity index (χ3n) is 2.51. The second kappa shape index (κ2) is 6.90. The van der Waals surface area contributed by atoms with Crippen LogP contribution in [-0.2, 0) is 4.89 Å². The fourth-order valence-electron chi connectivity index (χ4n) is 2.10. The molecule has 0 fully saturated rings. The van der Waals surface area contributed by atoms with E-state index in [9.17, 15) is 4.89 Å². The Bertz CT molecular complexity index is 159. The van der Waals surface area contributed by atoms with Crippen molar-refractivity contribution in [1.29, 1.82) is 0 Å². The molecule has 97 valence electrons. The summed E-state index contributed by atoms with van der Waals surface area (Å²) in [6, 6.07) is 1.24. The molecule has 4 heteroatoms. The van der Waals surface area contributed by atoms with Gasteiger partial charge in [-0.1, -0.05) is 0 Å². The molecular formula is C12H28N2OP. The number of hydrogen-bond donors (Lipinski definition) is 0. The van der Waals surface area contributed by atoms with Crippen LogP contribution in [0.3, 0.4) is 0 Å². The highest BCUT2D eigenvalue weighted by molar-refractivity contribution is 7.46. The first-order valence-corrected chi connectivity index (χ1v) is 7.40. The van der Waals surface area contributed by atoms with Crippen LogP contribution in [0.4, 0.5) is 0 Å². The van der Waals surface area contributed by atoms with Crippen molar-refractivity contribution in [2.75, 3.05) is 0 Å². The van der Waals surface area contributed by atoms with Gasteiger partial charge in [-0.05, 0) is 55.4 Å². The number of nitrogens with zero attached hydrogens (tertiary/aromatic N) is 2. The lowest BCUT2D eigenvalue weighted by Crippen LogP contribution is -2.42. The summed E-state index contributed by atoms with van der Waals surface area (Å²) >= 11 is 0. The molecule has 16 heavy (non-hydrogen) atoms. The zero-order valence-electron chi connectivity index (χ0n) is 12.1. The van der Waals surface area contributed by atoms with Crippen LogP contribution < -0.4 is 0 Å². The molecule has 0 atom stereocenters. The highest BCUT2D eigenvalue weighted by Crippen LogP contribution is 2.46. The maximum Gasteiger partial charge on any atom is 0.226 e. The van der Waals surface area contributed by atoms with E-state index in [0.717, 1.165) is 0 Å². The Morgan fingerprint density at radius 3 is 0.938 bits per heavy atom. The Kier molecular flexibility index (Phi) is 7.04. The van der Waals surface area contributed by atoms with Gasteiger partial charge in [0.2, 0.25) is 8.45 Å². The summed E-state index contributed by atoms with van der Waals surface area (Å²) in [5.41, 5.74) is 0. The smallest absolute Gasteiger partial charge is 0.226 e. The molecule has 0 aromatic rings. The highest BCUT2D eigenvalue weighted by Gasteiger charge is 2.32. The lowest BCUT2D eigenvalue weighted by Gasteiger charge is -2.41. The van der Waals surface area contributed by atoms with Crippen LogP contribution in [-0.4, -0.2) is 33.5 Å². The van der Waals surface area contributed by atoms with Gasteiger partial charge in [0.1, 0.15) is 0 Å². The molecule has 0 aliphatic carbocycles. The number of rotatable bonds is 6. The van der Waals surface area contributed by atoms with E-state index in [2.05, 4.69) is 64.7 Å². The Balaban J connectivity index is 4.88. The van der Waals surface area contributed by atoms with Crippen molar-refractivity contribution in [2.45, 2.75) is 79.6 Å². The van der Waals surface area contributed by atoms with Gasteiger partial charge in [-0.2, -0.15) is 4.89 Å². The molecular weight excluding hydrogens is 219 g/mol. The molecule has 0 aromatic heterocycles. The van der Waals surface area contributed by atoms with E-state index in [1.165, 1.54) is 0 Å². The first-order valence-electron chi connectivity index (χ1n) is 6.23. The van der Waals surface area contributed by atoms with Crippen molar-refractivity contribution < 1.29 is 4.89 Å². The van der Waals surface area contributed by atoms with Crippen molar-refractivity contribution in [3.63, 3.8) is 0 Å². The molecule has 0 heterocycles. The van der Waals surface area contributed by atoms with Gasteiger partial charge in [0.25, 0.3) is 0 Å². The minimum Gasteiger partial charge on any atom is -0.240 e. The Morgan fingerprint density at radius 2 is 0.812 bits per heavy atom. The van der Waals surface area contributed by atoms with Crippen LogP contribution in [0.2, 0.25) is 0 Å². The van der Waals surface area contributed by atoms with Gasteiger partial charge in [-0.25, -0.2) is 9.34 Å². The van der Waals surface area contributed by atoms with Crippen LogP contribution in [0, 0.1) is 0 Å². The van der Waals surface area contributed by atoms with E-state index in [1.54, 1.807) is 0 Å². The fraction of sp³-hybridized carbons (Fsp3) is 1.00. The van der Waals surface area contributed by atoms with E-state index >= 15 is 0 Å². The maximum atomic E-state index is 12.6. The molecule has 0 aromatic carbocycles. The first kappa shape index (κ1) is 16.3. The van der Waals surface area contributed by atoms with Gasteiger partial charge in [-0.3, -0.25) is 0 Å². The number of hydrogen-bond acceptors (Lipinski definition) is 2. The van der Waals surface area contributed by atoms with Crippen molar-refractivity contribution >= 4 is 8.45 Å². The Labute approximate surface area is 103 Å². The molecule has 0 saturated carbocycles. The fourth-order valence-corrected chi connectivity index (χ4v) is 3.92. The lowest BCUT2D eigenvalue weighted by molar-refractivity contribution is 0.205. The third-order valence-corrected chi connectivity index (χ3v) is 5.15. The van der Waals surface area contributed by atoms with Crippen LogP contribution in [0.15, 0.2) is 0 Å². The average Bonchev–Trinajstić information content (AvgIpc) is 1.99. The van der Waals surface area contributed by atoms with Crippen LogP contribution >= 0.6 is 8.45 Å². The summed E-state index contributed by atoms with van der Waals surface area (Å²) in [5.74, 6) is 0. The van der Waals surface area contributed by atoms with E-state index in [1.807, 2.05) is 0 Å². The summed E-state index contributed by atoms with van der Waals surface area (Å²) in [6.07, 6.45) is 0. The zero-order chi connectivity index (χ0) is 13.0. The first-order chi connectivity index (χ1) is 7.20. The maximum absolute atomic E-state index is 12.6. The van der Waals surface area contributed by atoms with E-state index in [-0.39, 0.29) is 0 Å². The molecule has 0 aliphatic heterocycles. The largest absolute Gasteiger partial charge is 0.240 e. The quantitative estimate of drug-likeness (QED) is 0.666. The predicted molar refractivity (Wildman–Crippen MR) is 71.8 cm³/mol. The van der Waals surface area contributed by atoms with E-state index in [4.69, 9.17) is 0 Å². The highest BCUT2D eigenvalue weighted by atomic mass is 31.2. The van der Waals surface area contributed by atoms with Crippen LogP contribution in [0.5, 0.6) is 0 Å². The SMILES string of the molecule is CC(C)N(C(C)C)P([O])N(C(C)C)C(C)C. The third kappa shape index (κ3) is 4.29. The average molecular weight is 247 g/mol. The molecule has 0 saturated heterocycles. The van der Waals surface area contributed by atoms with Crippen molar-refractivity contribution in [1.82, 2.24) is 9.34 Å². The molecule has 0 unspecified atom stereocenters. The molecule has 3 nitrogen and oxygen atoms in total. The Hall–Kier alpha value is 0.310. The van der Waals surface area contributed by atoms with Crippen LogP contribution in [0.25, 0.3) is 0 Å². The van der Waals surface area contributed by atoms with Gasteiger partial charge < -0.3 is 0 Å². The van der Waals surface area contributed by atoms with Gasteiger partial charge >= 0.3 is 0 Å². The zero-order valence-corrected chi connectivity index (χ0v) is 13.0. The molecule has 0 amide bonds. The summed E-state index contributed by atoms with van der Waals surface area (Å²) in [5, 5.41) is 0. The standard InChI is InChI=1S/C12H28N2OP/c1-9(2)13(10(3)4)16(15)14(11(5)6)12(7)8/h9-12H,1-8H3. The molecule has 0 bridgehead atoms. The molecule has 0 spiro atoms. The van der Waals surface area contributed by atoms with Gasteiger partial charge in [0, 0.05) is 24.2 Å². The van der Waals surface area contributed by atoms with Crippen molar-refractivity contribution in [2.24, 2.45) is 0 Å². The summed E-state index contributed by atoms with van der Waals surface area (Å²) in [4.78, 5) is 12.6.